The highest BCUT2D eigenvalue weighted by atomic mass is 31.3. The standard InChI is InChI=1S/C24H67N12P4/c1-9-17-25-37(26-18-10-2,27-19-11-3)33-40(32-24-16-8)35-38(28-20-12-4,29-21-13-5)34-39(36-40,30-22-14-6)31-23-15-7/h25-32,34-36H,9-24H2,1-8H3/q+3. The summed E-state index contributed by atoms with van der Waals surface area (Å²) >= 11 is 0. The van der Waals surface area contributed by atoms with E-state index in [1.807, 2.05) is 0 Å². The highest BCUT2D eigenvalue weighted by Crippen LogP contribution is 2.75. The molecule has 0 spiro atoms. The first-order chi connectivity index (χ1) is 19.3. The Morgan fingerprint density at radius 1 is 0.425 bits per heavy atom. The first kappa shape index (κ1) is 39.1. The summed E-state index contributed by atoms with van der Waals surface area (Å²) in [5.74, 6) is 0. The molecule has 0 amide bonds. The van der Waals surface area contributed by atoms with Gasteiger partial charge in [-0.05, 0) is 55.9 Å². The average molecular weight is 648 g/mol. The van der Waals surface area contributed by atoms with E-state index in [9.17, 15) is 0 Å². The Kier molecular flexibility index (Phi) is 21.2. The summed E-state index contributed by atoms with van der Waals surface area (Å²) in [5.41, 5.74) is 0. The van der Waals surface area contributed by atoms with Crippen molar-refractivity contribution in [1.82, 2.24) is 55.3 Å². The number of hydrogen-bond acceptors (Lipinski definition) is 9. The molecule has 1 aliphatic heterocycles. The van der Waals surface area contributed by atoms with E-state index in [1.54, 1.807) is 0 Å². The Labute approximate surface area is 249 Å². The van der Waals surface area contributed by atoms with Gasteiger partial charge in [-0.3, -0.25) is 15.3 Å². The van der Waals surface area contributed by atoms with Crippen LogP contribution in [0.25, 0.3) is 0 Å². The van der Waals surface area contributed by atoms with Gasteiger partial charge in [0.1, 0.15) is 0 Å². The maximum absolute atomic E-state index is 5.88. The highest BCUT2D eigenvalue weighted by Gasteiger charge is 2.73. The fourth-order valence-corrected chi connectivity index (χ4v) is 22.4. The van der Waals surface area contributed by atoms with Gasteiger partial charge in [0.05, 0.1) is 0 Å². The quantitative estimate of drug-likeness (QED) is 0.0552. The lowest BCUT2D eigenvalue weighted by Crippen LogP contribution is -2.60. The summed E-state index contributed by atoms with van der Waals surface area (Å²) in [6.45, 7) is 25.1. The van der Waals surface area contributed by atoms with Crippen molar-refractivity contribution in [3.05, 3.63) is 0 Å². The molecule has 16 heteroatoms. The molecule has 1 rings (SSSR count). The molecule has 0 aromatic rings. The third-order valence-corrected chi connectivity index (χ3v) is 20.7. The maximum atomic E-state index is 5.88. The van der Waals surface area contributed by atoms with Crippen LogP contribution in [0.1, 0.15) is 107 Å². The molecule has 1 heterocycles. The molecular weight excluding hydrogens is 580 g/mol. The van der Waals surface area contributed by atoms with Crippen LogP contribution in [0.15, 0.2) is 4.52 Å². The zero-order valence-corrected chi connectivity index (χ0v) is 30.6. The van der Waals surface area contributed by atoms with Crippen molar-refractivity contribution in [3.8, 4) is 0 Å². The van der Waals surface area contributed by atoms with Crippen LogP contribution >= 0.6 is 31.1 Å². The lowest BCUT2D eigenvalue weighted by atomic mass is 10.5. The van der Waals surface area contributed by atoms with Crippen LogP contribution in [-0.4, -0.2) is 52.4 Å². The van der Waals surface area contributed by atoms with E-state index >= 15 is 0 Å². The monoisotopic (exact) mass is 647 g/mol. The van der Waals surface area contributed by atoms with Gasteiger partial charge in [0.2, 0.25) is 7.51 Å². The van der Waals surface area contributed by atoms with Crippen LogP contribution < -0.4 is 55.3 Å². The van der Waals surface area contributed by atoms with Crippen molar-refractivity contribution >= 4 is 31.1 Å². The van der Waals surface area contributed by atoms with E-state index in [-0.39, 0.29) is 0 Å². The Hall–Kier alpha value is 1.08. The highest BCUT2D eigenvalue weighted by molar-refractivity contribution is 7.99. The van der Waals surface area contributed by atoms with Crippen LogP contribution in [0.2, 0.25) is 0 Å². The average Bonchev–Trinajstić information content (AvgIpc) is 2.96. The first-order valence-corrected chi connectivity index (χ1v) is 23.1. The van der Waals surface area contributed by atoms with Gasteiger partial charge in [-0.1, -0.05) is 55.4 Å². The Morgan fingerprint density at radius 3 is 1.02 bits per heavy atom. The van der Waals surface area contributed by atoms with Crippen LogP contribution in [0.3, 0.4) is 0 Å². The van der Waals surface area contributed by atoms with Crippen LogP contribution in [-0.2, 0) is 0 Å². The minimum absolute atomic E-state index is 0.871. The lowest BCUT2D eigenvalue weighted by Gasteiger charge is -2.40. The zero-order chi connectivity index (χ0) is 29.8. The molecule has 1 aliphatic rings. The molecule has 240 valence electrons. The predicted molar refractivity (Wildman–Crippen MR) is 186 cm³/mol. The van der Waals surface area contributed by atoms with Gasteiger partial charge < -0.3 is 0 Å². The lowest BCUT2D eigenvalue weighted by molar-refractivity contribution is 0.752. The van der Waals surface area contributed by atoms with E-state index in [2.05, 4.69) is 111 Å². The summed E-state index contributed by atoms with van der Waals surface area (Å²) in [4.78, 5) is 12.4. The van der Waals surface area contributed by atoms with Crippen molar-refractivity contribution in [2.75, 3.05) is 52.4 Å². The van der Waals surface area contributed by atoms with Gasteiger partial charge in [-0.2, -0.15) is 0 Å². The minimum Gasteiger partial charge on any atom is -0.257 e. The molecule has 12 nitrogen and oxygen atoms in total. The molecule has 0 aromatic carbocycles. The van der Waals surface area contributed by atoms with Gasteiger partial charge in [-0.15, -0.1) is 25.4 Å². The first-order valence-electron chi connectivity index (χ1n) is 16.0. The van der Waals surface area contributed by atoms with Gasteiger partial charge in [-0.25, -0.2) is 0 Å². The second kappa shape index (κ2) is 21.7. The minimum atomic E-state index is -2.53. The van der Waals surface area contributed by atoms with Crippen LogP contribution in [0.5, 0.6) is 0 Å². The normalized spacial score (nSPS) is 18.2. The number of nitrogens with one attached hydrogen (secondary N) is 11. The molecule has 1 saturated heterocycles. The number of hydrogen-bond donors (Lipinski definition) is 11. The van der Waals surface area contributed by atoms with Crippen molar-refractivity contribution < 1.29 is 0 Å². The third-order valence-electron chi connectivity index (χ3n) is 5.92. The van der Waals surface area contributed by atoms with Crippen LogP contribution in [0, 0.1) is 0 Å². The smallest absolute Gasteiger partial charge is 0.257 e. The third kappa shape index (κ3) is 13.4. The molecule has 0 aromatic heterocycles. The van der Waals surface area contributed by atoms with E-state index in [0.717, 1.165) is 104 Å². The Bertz CT molecular complexity index is 630. The Balaban J connectivity index is 3.94. The van der Waals surface area contributed by atoms with E-state index in [0.29, 0.717) is 0 Å². The van der Waals surface area contributed by atoms with Crippen molar-refractivity contribution in [2.24, 2.45) is 4.52 Å². The van der Waals surface area contributed by atoms with Gasteiger partial charge in [0.15, 0.2) is 0 Å². The topological polar surface area (TPSA) is 145 Å². The summed E-state index contributed by atoms with van der Waals surface area (Å²) in [5, 5.41) is 31.4. The van der Waals surface area contributed by atoms with Crippen molar-refractivity contribution in [2.45, 2.75) is 107 Å². The molecule has 11 N–H and O–H groups in total. The van der Waals surface area contributed by atoms with Gasteiger partial charge >= 0.3 is 23.6 Å². The molecule has 0 unspecified atom stereocenters. The molecule has 1 fully saturated rings. The summed E-state index contributed by atoms with van der Waals surface area (Å²) in [6.07, 6.45) is 8.40. The summed E-state index contributed by atoms with van der Waals surface area (Å²) in [6, 6.07) is 0. The van der Waals surface area contributed by atoms with E-state index in [1.165, 1.54) is 0 Å². The second-order valence-corrected chi connectivity index (χ2v) is 21.1. The van der Waals surface area contributed by atoms with Crippen molar-refractivity contribution in [3.63, 3.8) is 0 Å². The molecule has 0 saturated carbocycles. The molecule has 0 atom stereocenters. The summed E-state index contributed by atoms with van der Waals surface area (Å²) in [7, 11) is -9.35. The zero-order valence-electron chi connectivity index (χ0n) is 27.0. The maximum Gasteiger partial charge on any atom is 0.424 e. The van der Waals surface area contributed by atoms with Gasteiger partial charge in [0, 0.05) is 66.9 Å². The number of rotatable bonds is 25. The largest absolute Gasteiger partial charge is 0.424 e. The van der Waals surface area contributed by atoms with Crippen LogP contribution in [0.4, 0.5) is 0 Å². The molecular formula is C24H67N12P4+3. The SMILES string of the molecule is CCCNP(=N[P+]1(NCCC)N[P+](NCCC)(NCCC)N[P+](NCCC)(NCCC)N1)(NCCC)NCCC. The molecule has 0 aliphatic carbocycles. The fourth-order valence-electron chi connectivity index (χ4n) is 3.94. The number of nitrogens with zero attached hydrogens (tertiary/aromatic N) is 1. The Morgan fingerprint density at radius 2 is 0.725 bits per heavy atom. The summed E-state index contributed by atoms with van der Waals surface area (Å²) < 4.78 is 5.88. The van der Waals surface area contributed by atoms with E-state index < -0.39 is 31.1 Å². The molecule has 40 heavy (non-hydrogen) atoms. The second-order valence-electron chi connectivity index (χ2n) is 10.3. The van der Waals surface area contributed by atoms with Gasteiger partial charge in [0.25, 0.3) is 0 Å². The van der Waals surface area contributed by atoms with Crippen molar-refractivity contribution in [1.29, 1.82) is 0 Å². The predicted octanol–water partition coefficient (Wildman–Crippen LogP) is 5.74. The molecule has 0 radical (unpaired) electrons. The van der Waals surface area contributed by atoms with E-state index in [4.69, 9.17) is 4.52 Å². The fraction of sp³-hybridized carbons (Fsp3) is 1.00. The molecule has 0 bridgehead atoms.